The molecule has 0 fully saturated rings. The van der Waals surface area contributed by atoms with E-state index in [9.17, 15) is 0 Å². The van der Waals surface area contributed by atoms with Gasteiger partial charge in [-0.1, -0.05) is 0 Å². The molecule has 0 amide bonds. The number of nitrogens with one attached hydrogen (secondary N) is 1. The molecule has 0 saturated heterocycles. The van der Waals surface area contributed by atoms with Gasteiger partial charge in [0, 0.05) is 32.2 Å². The predicted molar refractivity (Wildman–Crippen MR) is 55.5 cm³/mol. The highest BCUT2D eigenvalue weighted by atomic mass is 16.5. The van der Waals surface area contributed by atoms with E-state index in [4.69, 9.17) is 10.6 Å². The Balaban J connectivity index is 2.40. The summed E-state index contributed by atoms with van der Waals surface area (Å²) in [5.74, 6) is 5.44. The third kappa shape index (κ3) is 3.83. The summed E-state index contributed by atoms with van der Waals surface area (Å²) in [6.45, 7) is 0.722. The standard InChI is InChI=1S/C10H17N3O/c1-14-7-4-10(13-11)8-9-2-5-12-6-3-9/h2-3,5-6,10,13H,4,7-8,11H2,1H3. The maximum Gasteiger partial charge on any atom is 0.0477 e. The van der Waals surface area contributed by atoms with Crippen molar-refractivity contribution in [3.8, 4) is 0 Å². The second kappa shape index (κ2) is 6.48. The van der Waals surface area contributed by atoms with Gasteiger partial charge in [-0.05, 0) is 30.5 Å². The largest absolute Gasteiger partial charge is 0.385 e. The molecule has 4 nitrogen and oxygen atoms in total. The van der Waals surface area contributed by atoms with Crippen molar-refractivity contribution in [3.63, 3.8) is 0 Å². The lowest BCUT2D eigenvalue weighted by Crippen LogP contribution is -2.37. The van der Waals surface area contributed by atoms with E-state index >= 15 is 0 Å². The summed E-state index contributed by atoms with van der Waals surface area (Å²) in [6.07, 6.45) is 5.40. The summed E-state index contributed by atoms with van der Waals surface area (Å²) < 4.78 is 5.00. The Labute approximate surface area is 84.4 Å². The molecule has 0 bridgehead atoms. The number of hydrazine groups is 1. The first-order chi connectivity index (χ1) is 6.86. The van der Waals surface area contributed by atoms with Crippen LogP contribution in [0, 0.1) is 0 Å². The van der Waals surface area contributed by atoms with Crippen LogP contribution in [0.4, 0.5) is 0 Å². The monoisotopic (exact) mass is 195 g/mol. The van der Waals surface area contributed by atoms with Crippen molar-refractivity contribution in [1.82, 2.24) is 10.4 Å². The van der Waals surface area contributed by atoms with Crippen LogP contribution < -0.4 is 11.3 Å². The molecule has 4 heteroatoms. The van der Waals surface area contributed by atoms with E-state index in [1.54, 1.807) is 19.5 Å². The van der Waals surface area contributed by atoms with Crippen LogP contribution in [0.3, 0.4) is 0 Å². The molecule has 0 aliphatic carbocycles. The summed E-state index contributed by atoms with van der Waals surface area (Å²) in [5, 5.41) is 0. The number of nitrogens with zero attached hydrogens (tertiary/aromatic N) is 1. The molecule has 0 radical (unpaired) electrons. The zero-order valence-electron chi connectivity index (χ0n) is 8.44. The second-order valence-corrected chi connectivity index (χ2v) is 3.20. The van der Waals surface area contributed by atoms with Crippen molar-refractivity contribution >= 4 is 0 Å². The molecule has 14 heavy (non-hydrogen) atoms. The highest BCUT2D eigenvalue weighted by Crippen LogP contribution is 2.03. The second-order valence-electron chi connectivity index (χ2n) is 3.20. The normalized spacial score (nSPS) is 12.7. The first-order valence-electron chi connectivity index (χ1n) is 4.70. The molecule has 1 heterocycles. The Bertz CT molecular complexity index is 240. The van der Waals surface area contributed by atoms with E-state index in [1.807, 2.05) is 12.1 Å². The number of hydrogen-bond acceptors (Lipinski definition) is 4. The molecule has 0 aliphatic rings. The van der Waals surface area contributed by atoms with Gasteiger partial charge in [0.2, 0.25) is 0 Å². The smallest absolute Gasteiger partial charge is 0.0477 e. The molecule has 0 spiro atoms. The molecule has 3 N–H and O–H groups in total. The van der Waals surface area contributed by atoms with Gasteiger partial charge in [0.05, 0.1) is 0 Å². The van der Waals surface area contributed by atoms with Gasteiger partial charge in [-0.2, -0.15) is 0 Å². The average Bonchev–Trinajstić information content (AvgIpc) is 2.25. The number of hydrogen-bond donors (Lipinski definition) is 2. The molecule has 1 atom stereocenters. The van der Waals surface area contributed by atoms with Crippen molar-refractivity contribution in [2.24, 2.45) is 5.84 Å². The van der Waals surface area contributed by atoms with Crippen molar-refractivity contribution in [2.75, 3.05) is 13.7 Å². The molecular weight excluding hydrogens is 178 g/mol. The molecule has 1 rings (SSSR count). The van der Waals surface area contributed by atoms with Crippen molar-refractivity contribution < 1.29 is 4.74 Å². The highest BCUT2D eigenvalue weighted by molar-refractivity contribution is 5.11. The number of aromatic nitrogens is 1. The third-order valence-electron chi connectivity index (χ3n) is 2.14. The minimum atomic E-state index is 0.261. The van der Waals surface area contributed by atoms with Crippen LogP contribution in [0.15, 0.2) is 24.5 Å². The molecule has 1 unspecified atom stereocenters. The summed E-state index contributed by atoms with van der Waals surface area (Å²) in [6, 6.07) is 4.26. The molecule has 1 aromatic rings. The summed E-state index contributed by atoms with van der Waals surface area (Å²) >= 11 is 0. The average molecular weight is 195 g/mol. The van der Waals surface area contributed by atoms with Gasteiger partial charge in [-0.25, -0.2) is 0 Å². The van der Waals surface area contributed by atoms with Gasteiger partial charge in [0.15, 0.2) is 0 Å². The van der Waals surface area contributed by atoms with Gasteiger partial charge in [-0.3, -0.25) is 16.3 Å². The maximum absolute atomic E-state index is 5.44. The zero-order chi connectivity index (χ0) is 10.2. The van der Waals surface area contributed by atoms with Gasteiger partial charge >= 0.3 is 0 Å². The minimum absolute atomic E-state index is 0.261. The highest BCUT2D eigenvalue weighted by Gasteiger charge is 2.06. The lowest BCUT2D eigenvalue weighted by molar-refractivity contribution is 0.182. The lowest BCUT2D eigenvalue weighted by Gasteiger charge is -2.14. The fourth-order valence-electron chi connectivity index (χ4n) is 1.31. The summed E-state index contributed by atoms with van der Waals surface area (Å²) in [7, 11) is 1.69. The van der Waals surface area contributed by atoms with E-state index in [1.165, 1.54) is 5.56 Å². The number of pyridine rings is 1. The number of methoxy groups -OCH3 is 1. The van der Waals surface area contributed by atoms with Crippen LogP contribution in [0.1, 0.15) is 12.0 Å². The molecule has 0 aromatic carbocycles. The summed E-state index contributed by atoms with van der Waals surface area (Å²) in [4.78, 5) is 3.96. The molecule has 0 aliphatic heterocycles. The van der Waals surface area contributed by atoms with Crippen LogP contribution in [-0.4, -0.2) is 24.7 Å². The zero-order valence-corrected chi connectivity index (χ0v) is 8.44. The predicted octanol–water partition coefficient (Wildman–Crippen LogP) is 0.493. The van der Waals surface area contributed by atoms with Crippen LogP contribution in [-0.2, 0) is 11.2 Å². The Morgan fingerprint density at radius 2 is 2.21 bits per heavy atom. The minimum Gasteiger partial charge on any atom is -0.385 e. The summed E-state index contributed by atoms with van der Waals surface area (Å²) in [5.41, 5.74) is 4.02. The van der Waals surface area contributed by atoms with Crippen molar-refractivity contribution in [2.45, 2.75) is 18.9 Å². The van der Waals surface area contributed by atoms with Gasteiger partial charge < -0.3 is 4.74 Å². The first-order valence-corrected chi connectivity index (χ1v) is 4.70. The SMILES string of the molecule is COCCC(Cc1ccncc1)NN. The van der Waals surface area contributed by atoms with Gasteiger partial charge in [0.25, 0.3) is 0 Å². The Morgan fingerprint density at radius 3 is 2.79 bits per heavy atom. The topological polar surface area (TPSA) is 60.2 Å². The van der Waals surface area contributed by atoms with Gasteiger partial charge in [-0.15, -0.1) is 0 Å². The fraction of sp³-hybridized carbons (Fsp3) is 0.500. The van der Waals surface area contributed by atoms with E-state index < -0.39 is 0 Å². The molecule has 1 aromatic heterocycles. The Kier molecular flexibility index (Phi) is 5.14. The number of rotatable bonds is 6. The van der Waals surface area contributed by atoms with E-state index in [0.717, 1.165) is 19.4 Å². The fourth-order valence-corrected chi connectivity index (χ4v) is 1.31. The quantitative estimate of drug-likeness (QED) is 0.512. The van der Waals surface area contributed by atoms with Crippen molar-refractivity contribution in [1.29, 1.82) is 0 Å². The third-order valence-corrected chi connectivity index (χ3v) is 2.14. The molecule has 78 valence electrons. The van der Waals surface area contributed by atoms with Crippen LogP contribution in [0.2, 0.25) is 0 Å². The van der Waals surface area contributed by atoms with Crippen LogP contribution in [0.5, 0.6) is 0 Å². The number of ether oxygens (including phenoxy) is 1. The van der Waals surface area contributed by atoms with E-state index in [2.05, 4.69) is 10.4 Å². The van der Waals surface area contributed by atoms with E-state index in [0.29, 0.717) is 0 Å². The van der Waals surface area contributed by atoms with Gasteiger partial charge in [0.1, 0.15) is 0 Å². The van der Waals surface area contributed by atoms with Crippen molar-refractivity contribution in [3.05, 3.63) is 30.1 Å². The lowest BCUT2D eigenvalue weighted by atomic mass is 10.1. The van der Waals surface area contributed by atoms with Crippen LogP contribution in [0.25, 0.3) is 0 Å². The number of nitrogens with two attached hydrogens (primary N) is 1. The van der Waals surface area contributed by atoms with Crippen LogP contribution >= 0.6 is 0 Å². The first kappa shape index (κ1) is 11.1. The molecular formula is C10H17N3O. The Morgan fingerprint density at radius 1 is 1.50 bits per heavy atom. The molecule has 0 saturated carbocycles. The Hall–Kier alpha value is -0.970. The maximum atomic E-state index is 5.44. The van der Waals surface area contributed by atoms with E-state index in [-0.39, 0.29) is 6.04 Å².